The maximum absolute atomic E-state index is 12.8. The van der Waals surface area contributed by atoms with E-state index in [-0.39, 0.29) is 27.3 Å². The number of furan rings is 1. The van der Waals surface area contributed by atoms with Crippen molar-refractivity contribution in [3.63, 3.8) is 0 Å². The topological polar surface area (TPSA) is 88.9 Å². The summed E-state index contributed by atoms with van der Waals surface area (Å²) in [7, 11) is -2.53. The lowest BCUT2D eigenvalue weighted by Gasteiger charge is -2.16. The third-order valence-corrected chi connectivity index (χ3v) is 6.26. The maximum atomic E-state index is 12.8. The first-order valence-electron chi connectivity index (χ1n) is 8.74. The molecule has 0 saturated carbocycles. The number of halogens is 1. The molecule has 2 aromatic carbocycles. The smallest absolute Gasteiger partial charge is 0.293 e. The Labute approximate surface area is 172 Å². The highest BCUT2D eigenvalue weighted by Gasteiger charge is 2.28. The molecular weight excluding hydrogens is 416 g/mol. The first kappa shape index (κ1) is 19.4. The van der Waals surface area contributed by atoms with Crippen molar-refractivity contribution in [1.29, 1.82) is 0 Å². The minimum absolute atomic E-state index is 0.0531. The molecule has 0 unspecified atom stereocenters. The van der Waals surface area contributed by atoms with Crippen LogP contribution in [0, 0.1) is 0 Å². The molecule has 0 spiro atoms. The Kier molecular flexibility index (Phi) is 4.97. The number of fused-ring (bicyclic) bond motifs is 1. The van der Waals surface area contributed by atoms with E-state index >= 15 is 0 Å². The van der Waals surface area contributed by atoms with Crippen LogP contribution in [0.15, 0.2) is 64.1 Å². The third kappa shape index (κ3) is 3.68. The number of nitrogens with one attached hydrogen (secondary N) is 1. The first-order valence-corrected chi connectivity index (χ1v) is 10.6. The molecule has 29 heavy (non-hydrogen) atoms. The molecule has 4 rings (SSSR count). The van der Waals surface area contributed by atoms with Gasteiger partial charge in [0.1, 0.15) is 10.6 Å². The average Bonchev–Trinajstić information content (AvgIpc) is 3.37. The van der Waals surface area contributed by atoms with E-state index < -0.39 is 10.0 Å². The van der Waals surface area contributed by atoms with Gasteiger partial charge in [-0.1, -0.05) is 11.6 Å². The van der Waals surface area contributed by atoms with Crippen molar-refractivity contribution in [1.82, 2.24) is 0 Å². The molecule has 0 atom stereocenters. The quantitative estimate of drug-likeness (QED) is 0.659. The number of sulfonamides is 1. The Morgan fingerprint density at radius 1 is 1.21 bits per heavy atom. The van der Waals surface area contributed by atoms with Crippen molar-refractivity contribution in [2.24, 2.45) is 0 Å². The van der Waals surface area contributed by atoms with E-state index in [1.807, 2.05) is 0 Å². The zero-order chi connectivity index (χ0) is 20.6. The fraction of sp³-hybridized carbons (Fsp3) is 0.150. The number of ether oxygens (including phenoxy) is 1. The number of amides is 1. The molecule has 150 valence electrons. The maximum Gasteiger partial charge on any atom is 0.293 e. The lowest BCUT2D eigenvalue weighted by atomic mass is 10.1. The van der Waals surface area contributed by atoms with Crippen molar-refractivity contribution in [3.8, 4) is 5.75 Å². The lowest BCUT2D eigenvalue weighted by molar-refractivity contribution is 0.0963. The van der Waals surface area contributed by atoms with E-state index in [1.54, 1.807) is 41.3 Å². The van der Waals surface area contributed by atoms with Gasteiger partial charge >= 0.3 is 0 Å². The lowest BCUT2D eigenvalue weighted by Crippen LogP contribution is -2.28. The average molecular weight is 433 g/mol. The van der Waals surface area contributed by atoms with Crippen LogP contribution in [0.2, 0.25) is 5.02 Å². The highest BCUT2D eigenvalue weighted by Crippen LogP contribution is 2.33. The summed E-state index contributed by atoms with van der Waals surface area (Å²) in [6, 6.07) is 12.7. The van der Waals surface area contributed by atoms with E-state index in [0.717, 1.165) is 11.3 Å². The van der Waals surface area contributed by atoms with Crippen LogP contribution in [-0.2, 0) is 16.4 Å². The molecule has 1 aliphatic heterocycles. The molecular formula is C20H17ClN2O5S. The van der Waals surface area contributed by atoms with Crippen LogP contribution >= 0.6 is 11.6 Å². The summed E-state index contributed by atoms with van der Waals surface area (Å²) in [6.45, 7) is 0.493. The largest absolute Gasteiger partial charge is 0.495 e. The molecule has 1 N–H and O–H groups in total. The number of rotatable bonds is 5. The number of anilines is 2. The van der Waals surface area contributed by atoms with Gasteiger partial charge < -0.3 is 14.1 Å². The van der Waals surface area contributed by atoms with Gasteiger partial charge in [-0.3, -0.25) is 9.52 Å². The molecule has 0 aliphatic carbocycles. The second-order valence-corrected chi connectivity index (χ2v) is 8.52. The van der Waals surface area contributed by atoms with Crippen molar-refractivity contribution < 1.29 is 22.4 Å². The summed E-state index contributed by atoms with van der Waals surface area (Å²) in [5.41, 5.74) is 1.98. The summed E-state index contributed by atoms with van der Waals surface area (Å²) in [6.07, 6.45) is 2.06. The number of nitrogens with zero attached hydrogens (tertiary/aromatic N) is 1. The number of carbonyl (C=O) groups excluding carboxylic acids is 1. The predicted molar refractivity (Wildman–Crippen MR) is 109 cm³/mol. The number of hydrogen-bond donors (Lipinski definition) is 1. The second-order valence-electron chi connectivity index (χ2n) is 6.43. The van der Waals surface area contributed by atoms with Crippen LogP contribution in [0.3, 0.4) is 0 Å². The highest BCUT2D eigenvalue weighted by atomic mass is 35.5. The molecule has 9 heteroatoms. The van der Waals surface area contributed by atoms with E-state index in [4.69, 9.17) is 20.8 Å². The fourth-order valence-electron chi connectivity index (χ4n) is 3.28. The standard InChI is InChI=1S/C20H17ClN2O5S/c1-27-17-7-4-14(21)12-19(17)29(25,26)22-15-5-6-16-13(11-15)8-9-23(16)20(24)18-3-2-10-28-18/h2-7,10-12,22H,8-9H2,1H3. The van der Waals surface area contributed by atoms with Crippen molar-refractivity contribution >= 4 is 38.9 Å². The van der Waals surface area contributed by atoms with Crippen LogP contribution in [0.4, 0.5) is 11.4 Å². The van der Waals surface area contributed by atoms with E-state index in [2.05, 4.69) is 4.72 Å². The van der Waals surface area contributed by atoms with E-state index in [0.29, 0.717) is 18.7 Å². The van der Waals surface area contributed by atoms with E-state index in [9.17, 15) is 13.2 Å². The molecule has 0 saturated heterocycles. The summed E-state index contributed by atoms with van der Waals surface area (Å²) < 4.78 is 38.6. The summed E-state index contributed by atoms with van der Waals surface area (Å²) >= 11 is 5.95. The number of hydrogen-bond acceptors (Lipinski definition) is 5. The minimum atomic E-state index is -3.92. The van der Waals surface area contributed by atoms with Gasteiger partial charge in [0.05, 0.1) is 13.4 Å². The highest BCUT2D eigenvalue weighted by molar-refractivity contribution is 7.92. The van der Waals surface area contributed by atoms with Gasteiger partial charge in [-0.15, -0.1) is 0 Å². The van der Waals surface area contributed by atoms with Crippen LogP contribution in [0.5, 0.6) is 5.75 Å². The van der Waals surface area contributed by atoms with E-state index in [1.165, 1.54) is 25.5 Å². The molecule has 7 nitrogen and oxygen atoms in total. The van der Waals surface area contributed by atoms with Gasteiger partial charge in [0.2, 0.25) is 0 Å². The van der Waals surface area contributed by atoms with Crippen LogP contribution < -0.4 is 14.4 Å². The molecule has 1 aromatic heterocycles. The number of benzene rings is 2. The van der Waals surface area contributed by atoms with Crippen LogP contribution in [-0.4, -0.2) is 28.0 Å². The van der Waals surface area contributed by atoms with Crippen LogP contribution in [0.1, 0.15) is 16.1 Å². The number of methoxy groups -OCH3 is 1. The van der Waals surface area contributed by atoms with Gasteiger partial charge in [0.15, 0.2) is 5.76 Å². The second kappa shape index (κ2) is 7.46. The number of carbonyl (C=O) groups is 1. The predicted octanol–water partition coefficient (Wildman–Crippen LogP) is 3.95. The van der Waals surface area contributed by atoms with Crippen molar-refractivity contribution in [3.05, 3.63) is 71.1 Å². The minimum Gasteiger partial charge on any atom is -0.495 e. The summed E-state index contributed by atoms with van der Waals surface area (Å²) in [5.74, 6) is 0.222. The third-order valence-electron chi connectivity index (χ3n) is 4.62. The summed E-state index contributed by atoms with van der Waals surface area (Å²) in [5, 5.41) is 0.284. The Hall–Kier alpha value is -2.97. The molecule has 1 amide bonds. The Morgan fingerprint density at radius 3 is 2.76 bits per heavy atom. The van der Waals surface area contributed by atoms with Gasteiger partial charge in [0.25, 0.3) is 15.9 Å². The summed E-state index contributed by atoms with van der Waals surface area (Å²) in [4.78, 5) is 14.1. The van der Waals surface area contributed by atoms with Crippen molar-refractivity contribution in [2.45, 2.75) is 11.3 Å². The van der Waals surface area contributed by atoms with Gasteiger partial charge in [-0.05, 0) is 60.5 Å². The Bertz CT molecular complexity index is 1180. The molecule has 3 aromatic rings. The van der Waals surface area contributed by atoms with Crippen molar-refractivity contribution in [2.75, 3.05) is 23.3 Å². The molecule has 0 bridgehead atoms. The molecule has 2 heterocycles. The monoisotopic (exact) mass is 432 g/mol. The molecule has 1 aliphatic rings. The normalized spacial score (nSPS) is 13.2. The Balaban J connectivity index is 1.61. The first-order chi connectivity index (χ1) is 13.9. The molecule has 0 fully saturated rings. The van der Waals surface area contributed by atoms with Gasteiger partial charge in [0, 0.05) is 22.9 Å². The van der Waals surface area contributed by atoms with Crippen LogP contribution in [0.25, 0.3) is 0 Å². The zero-order valence-electron chi connectivity index (χ0n) is 15.4. The zero-order valence-corrected chi connectivity index (χ0v) is 17.0. The molecule has 0 radical (unpaired) electrons. The van der Waals surface area contributed by atoms with Gasteiger partial charge in [-0.25, -0.2) is 8.42 Å². The fourth-order valence-corrected chi connectivity index (χ4v) is 4.76. The van der Waals surface area contributed by atoms with Gasteiger partial charge in [-0.2, -0.15) is 0 Å². The SMILES string of the molecule is COc1ccc(Cl)cc1S(=O)(=O)Nc1ccc2c(c1)CCN2C(=O)c1ccco1. The Morgan fingerprint density at radius 2 is 2.03 bits per heavy atom.